The summed E-state index contributed by atoms with van der Waals surface area (Å²) < 4.78 is 10.7. The lowest BCUT2D eigenvalue weighted by Gasteiger charge is -2.13. The van der Waals surface area contributed by atoms with Crippen molar-refractivity contribution in [3.63, 3.8) is 0 Å². The minimum absolute atomic E-state index is 0.0976. The van der Waals surface area contributed by atoms with E-state index >= 15 is 0 Å². The predicted molar refractivity (Wildman–Crippen MR) is 99.0 cm³/mol. The van der Waals surface area contributed by atoms with Crippen molar-refractivity contribution >= 4 is 29.0 Å². The van der Waals surface area contributed by atoms with Gasteiger partial charge >= 0.3 is 0 Å². The molecule has 0 aliphatic carbocycles. The molecule has 6 nitrogen and oxygen atoms in total. The van der Waals surface area contributed by atoms with Gasteiger partial charge in [-0.15, -0.1) is 0 Å². The molecule has 0 spiro atoms. The molecule has 134 valence electrons. The minimum atomic E-state index is -0.781. The smallest absolute Gasteiger partial charge is 0.290 e. The van der Waals surface area contributed by atoms with E-state index < -0.39 is 6.10 Å². The molecule has 0 saturated carbocycles. The SMILES string of the molecule is COc1cccc(C(O)COc2ccc(/C=C3/SC(=O)NC3=O)cc2)c1. The molecular formula is C19H17NO5S. The molecule has 1 fully saturated rings. The molecule has 0 aromatic heterocycles. The highest BCUT2D eigenvalue weighted by Crippen LogP contribution is 2.26. The van der Waals surface area contributed by atoms with Crippen LogP contribution < -0.4 is 14.8 Å². The molecule has 1 aliphatic heterocycles. The lowest BCUT2D eigenvalue weighted by Crippen LogP contribution is -2.17. The third kappa shape index (κ3) is 4.44. The number of hydrogen-bond donors (Lipinski definition) is 2. The van der Waals surface area contributed by atoms with Gasteiger partial charge in [-0.3, -0.25) is 14.9 Å². The second-order valence-corrected chi connectivity index (χ2v) is 6.54. The molecule has 26 heavy (non-hydrogen) atoms. The molecule has 2 amide bonds. The first-order valence-electron chi connectivity index (χ1n) is 7.85. The van der Waals surface area contributed by atoms with Crippen molar-refractivity contribution < 1.29 is 24.2 Å². The summed E-state index contributed by atoms with van der Waals surface area (Å²) in [7, 11) is 1.57. The number of methoxy groups -OCH3 is 1. The van der Waals surface area contributed by atoms with Crippen LogP contribution in [0.3, 0.4) is 0 Å². The number of carbonyl (C=O) groups is 2. The number of rotatable bonds is 6. The van der Waals surface area contributed by atoms with Crippen molar-refractivity contribution in [1.29, 1.82) is 0 Å². The summed E-state index contributed by atoms with van der Waals surface area (Å²) in [4.78, 5) is 23.0. The van der Waals surface area contributed by atoms with Crippen LogP contribution in [-0.2, 0) is 4.79 Å². The van der Waals surface area contributed by atoms with E-state index in [4.69, 9.17) is 9.47 Å². The summed E-state index contributed by atoms with van der Waals surface area (Å²) in [6, 6.07) is 14.2. The fraction of sp³-hybridized carbons (Fsp3) is 0.158. The number of benzene rings is 2. The van der Waals surface area contributed by atoms with Crippen LogP contribution in [0.5, 0.6) is 11.5 Å². The number of nitrogens with one attached hydrogen (secondary N) is 1. The predicted octanol–water partition coefficient (Wildman–Crippen LogP) is 3.13. The van der Waals surface area contributed by atoms with Gasteiger partial charge in [0.2, 0.25) is 0 Å². The van der Waals surface area contributed by atoms with Crippen molar-refractivity contribution in [2.45, 2.75) is 6.10 Å². The molecule has 1 atom stereocenters. The number of imide groups is 1. The van der Waals surface area contributed by atoms with Crippen LogP contribution in [0.1, 0.15) is 17.2 Å². The molecule has 1 saturated heterocycles. The molecule has 2 N–H and O–H groups in total. The van der Waals surface area contributed by atoms with E-state index in [1.54, 1.807) is 55.7 Å². The van der Waals surface area contributed by atoms with Crippen LogP contribution in [0, 0.1) is 0 Å². The molecule has 2 aromatic carbocycles. The van der Waals surface area contributed by atoms with Gasteiger partial charge in [-0.2, -0.15) is 0 Å². The average Bonchev–Trinajstić information content (AvgIpc) is 2.97. The number of amides is 2. The van der Waals surface area contributed by atoms with Crippen LogP contribution >= 0.6 is 11.8 Å². The first-order chi connectivity index (χ1) is 12.5. The Morgan fingerprint density at radius 3 is 2.58 bits per heavy atom. The molecular weight excluding hydrogens is 354 g/mol. The van der Waals surface area contributed by atoms with Gasteiger partial charge in [0.25, 0.3) is 11.1 Å². The molecule has 3 rings (SSSR count). The zero-order chi connectivity index (χ0) is 18.5. The Labute approximate surface area is 154 Å². The van der Waals surface area contributed by atoms with E-state index in [2.05, 4.69) is 5.32 Å². The topological polar surface area (TPSA) is 84.9 Å². The fourth-order valence-electron chi connectivity index (χ4n) is 2.35. The maximum absolute atomic E-state index is 11.5. The second kappa shape index (κ2) is 8.07. The Morgan fingerprint density at radius 2 is 1.92 bits per heavy atom. The van der Waals surface area contributed by atoms with Crippen LogP contribution in [0.15, 0.2) is 53.4 Å². The zero-order valence-corrected chi connectivity index (χ0v) is 14.8. The van der Waals surface area contributed by atoms with Crippen molar-refractivity contribution in [3.05, 3.63) is 64.6 Å². The molecule has 7 heteroatoms. The van der Waals surface area contributed by atoms with E-state index in [0.717, 1.165) is 17.3 Å². The Bertz CT molecular complexity index is 847. The summed E-state index contributed by atoms with van der Waals surface area (Å²) in [6.07, 6.45) is 0.858. The number of hydrogen-bond acceptors (Lipinski definition) is 6. The summed E-state index contributed by atoms with van der Waals surface area (Å²) in [5.41, 5.74) is 1.48. The maximum Gasteiger partial charge on any atom is 0.290 e. The lowest BCUT2D eigenvalue weighted by atomic mass is 10.1. The Balaban J connectivity index is 1.60. The normalized spacial score (nSPS) is 16.5. The number of aliphatic hydroxyl groups is 1. The number of ether oxygens (including phenoxy) is 2. The van der Waals surface area contributed by atoms with E-state index in [-0.39, 0.29) is 17.8 Å². The van der Waals surface area contributed by atoms with Gasteiger partial charge < -0.3 is 14.6 Å². The number of aliphatic hydroxyl groups excluding tert-OH is 1. The van der Waals surface area contributed by atoms with Crippen LogP contribution in [0.2, 0.25) is 0 Å². The van der Waals surface area contributed by atoms with Crippen LogP contribution in [0.25, 0.3) is 6.08 Å². The summed E-state index contributed by atoms with van der Waals surface area (Å²) in [5.74, 6) is 0.877. The second-order valence-electron chi connectivity index (χ2n) is 5.52. The van der Waals surface area contributed by atoms with E-state index in [1.807, 2.05) is 6.07 Å². The molecule has 1 heterocycles. The highest BCUT2D eigenvalue weighted by Gasteiger charge is 2.24. The van der Waals surface area contributed by atoms with E-state index in [0.29, 0.717) is 22.0 Å². The Kier molecular flexibility index (Phi) is 5.60. The highest BCUT2D eigenvalue weighted by molar-refractivity contribution is 8.18. The van der Waals surface area contributed by atoms with E-state index in [1.165, 1.54) is 0 Å². The molecule has 1 unspecified atom stereocenters. The van der Waals surface area contributed by atoms with E-state index in [9.17, 15) is 14.7 Å². The number of carbonyl (C=O) groups excluding carboxylic acids is 2. The molecule has 0 bridgehead atoms. The Hall–Kier alpha value is -2.77. The summed E-state index contributed by atoms with van der Waals surface area (Å²) in [5, 5.41) is 12.1. The molecule has 0 radical (unpaired) electrons. The minimum Gasteiger partial charge on any atom is -0.497 e. The van der Waals surface area contributed by atoms with Gasteiger partial charge in [0, 0.05) is 0 Å². The first-order valence-corrected chi connectivity index (χ1v) is 8.66. The monoisotopic (exact) mass is 371 g/mol. The van der Waals surface area contributed by atoms with Crippen LogP contribution in [0.4, 0.5) is 4.79 Å². The standard InChI is InChI=1S/C19H17NO5S/c1-24-15-4-2-3-13(10-15)16(21)11-25-14-7-5-12(6-8-14)9-17-18(22)20-19(23)26-17/h2-10,16,21H,11H2,1H3,(H,20,22,23)/b17-9+. The van der Waals surface area contributed by atoms with Gasteiger partial charge in [-0.1, -0.05) is 24.3 Å². The zero-order valence-electron chi connectivity index (χ0n) is 14.0. The third-order valence-corrected chi connectivity index (χ3v) is 4.52. The van der Waals surface area contributed by atoms with Gasteiger partial charge in [-0.05, 0) is 53.2 Å². The highest BCUT2D eigenvalue weighted by atomic mass is 32.2. The fourth-order valence-corrected chi connectivity index (χ4v) is 3.04. The van der Waals surface area contributed by atoms with Crippen molar-refractivity contribution in [2.75, 3.05) is 13.7 Å². The van der Waals surface area contributed by atoms with Crippen molar-refractivity contribution in [2.24, 2.45) is 0 Å². The third-order valence-electron chi connectivity index (χ3n) is 3.71. The first kappa shape index (κ1) is 18.0. The Morgan fingerprint density at radius 1 is 1.15 bits per heavy atom. The van der Waals surface area contributed by atoms with Gasteiger partial charge in [-0.25, -0.2) is 0 Å². The molecule has 2 aromatic rings. The quantitative estimate of drug-likeness (QED) is 0.759. The lowest BCUT2D eigenvalue weighted by molar-refractivity contribution is -0.115. The molecule has 1 aliphatic rings. The number of thioether (sulfide) groups is 1. The van der Waals surface area contributed by atoms with Crippen molar-refractivity contribution in [3.8, 4) is 11.5 Å². The van der Waals surface area contributed by atoms with Gasteiger partial charge in [0.15, 0.2) is 0 Å². The maximum atomic E-state index is 11.5. The summed E-state index contributed by atoms with van der Waals surface area (Å²) in [6.45, 7) is 0.0976. The van der Waals surface area contributed by atoms with Gasteiger partial charge in [0.1, 0.15) is 24.2 Å². The summed E-state index contributed by atoms with van der Waals surface area (Å²) >= 11 is 0.874. The van der Waals surface area contributed by atoms with Gasteiger partial charge in [0.05, 0.1) is 12.0 Å². The van der Waals surface area contributed by atoms with Crippen LogP contribution in [-0.4, -0.2) is 30.0 Å². The largest absolute Gasteiger partial charge is 0.497 e. The van der Waals surface area contributed by atoms with Crippen molar-refractivity contribution in [1.82, 2.24) is 5.32 Å². The average molecular weight is 371 g/mol.